The van der Waals surface area contributed by atoms with Crippen molar-refractivity contribution in [3.05, 3.63) is 29.5 Å². The second-order valence-corrected chi connectivity index (χ2v) is 4.75. The van der Waals surface area contributed by atoms with E-state index >= 15 is 0 Å². The van der Waals surface area contributed by atoms with E-state index in [1.165, 1.54) is 0 Å². The highest BCUT2D eigenvalue weighted by atomic mass is 32.2. The molecule has 0 spiro atoms. The van der Waals surface area contributed by atoms with Gasteiger partial charge >= 0.3 is 0 Å². The Kier molecular flexibility index (Phi) is 3.10. The molecular weight excluding hydrogens is 259 g/mol. The van der Waals surface area contributed by atoms with Crippen molar-refractivity contribution in [1.82, 2.24) is 14.3 Å². The molecule has 0 fully saturated rings. The molecule has 0 N–H and O–H groups in total. The summed E-state index contributed by atoms with van der Waals surface area (Å²) in [6.07, 6.45) is 0. The van der Waals surface area contributed by atoms with Gasteiger partial charge in [0, 0.05) is 6.07 Å². The highest BCUT2D eigenvalue weighted by Gasteiger charge is 2.14. The van der Waals surface area contributed by atoms with Crippen molar-refractivity contribution in [3.8, 4) is 0 Å². The lowest BCUT2D eigenvalue weighted by Crippen LogP contribution is -1.95. The summed E-state index contributed by atoms with van der Waals surface area (Å²) in [6.45, 7) is 1.68. The van der Waals surface area contributed by atoms with Crippen molar-refractivity contribution >= 4 is 23.3 Å². The lowest BCUT2D eigenvalue weighted by Gasteiger charge is -1.99. The van der Waals surface area contributed by atoms with Crippen LogP contribution >= 0.6 is 23.3 Å². The van der Waals surface area contributed by atoms with E-state index in [2.05, 4.69) is 14.3 Å². The SMILES string of the molecule is Cc1nsc(Sc2nc(F)c(F)cc2F)n1. The average Bonchev–Trinajstić information content (AvgIpc) is 2.60. The van der Waals surface area contributed by atoms with E-state index < -0.39 is 17.6 Å². The molecule has 0 amide bonds. The number of hydrogen-bond donors (Lipinski definition) is 0. The van der Waals surface area contributed by atoms with E-state index in [-0.39, 0.29) is 5.03 Å². The zero-order valence-corrected chi connectivity index (χ0v) is 9.50. The predicted octanol–water partition coefficient (Wildman–Crippen LogP) is 2.81. The Morgan fingerprint density at radius 3 is 2.56 bits per heavy atom. The van der Waals surface area contributed by atoms with Crippen LogP contribution in [-0.4, -0.2) is 14.3 Å². The molecule has 2 aromatic heterocycles. The van der Waals surface area contributed by atoms with Crippen LogP contribution in [0, 0.1) is 24.5 Å². The van der Waals surface area contributed by atoms with E-state index in [0.29, 0.717) is 16.2 Å². The molecule has 0 unspecified atom stereocenters. The first-order valence-corrected chi connectivity index (χ1v) is 5.65. The molecule has 0 aliphatic rings. The molecule has 0 aliphatic heterocycles. The molecule has 0 atom stereocenters. The quantitative estimate of drug-likeness (QED) is 0.781. The number of rotatable bonds is 2. The second-order valence-electron chi connectivity index (χ2n) is 2.76. The van der Waals surface area contributed by atoms with Crippen LogP contribution < -0.4 is 0 Å². The van der Waals surface area contributed by atoms with Gasteiger partial charge in [-0.25, -0.2) is 18.7 Å². The number of hydrogen-bond acceptors (Lipinski definition) is 5. The number of halogens is 3. The summed E-state index contributed by atoms with van der Waals surface area (Å²) in [5.41, 5.74) is 0. The summed E-state index contributed by atoms with van der Waals surface area (Å²) >= 11 is 1.85. The molecule has 0 saturated heterocycles. The minimum absolute atomic E-state index is 0.255. The number of pyridine rings is 1. The van der Waals surface area contributed by atoms with Crippen LogP contribution in [0.3, 0.4) is 0 Å². The number of aryl methyl sites for hydroxylation is 1. The fourth-order valence-electron chi connectivity index (χ4n) is 0.902. The third kappa shape index (κ3) is 2.33. The second kappa shape index (κ2) is 4.38. The Morgan fingerprint density at radius 2 is 1.94 bits per heavy atom. The fourth-order valence-corrected chi connectivity index (χ4v) is 2.45. The van der Waals surface area contributed by atoms with Crippen molar-refractivity contribution in [2.75, 3.05) is 0 Å². The van der Waals surface area contributed by atoms with E-state index in [1.54, 1.807) is 6.92 Å². The van der Waals surface area contributed by atoms with Gasteiger partial charge in [0.1, 0.15) is 10.9 Å². The van der Waals surface area contributed by atoms with Gasteiger partial charge in [0.25, 0.3) is 0 Å². The first-order chi connectivity index (χ1) is 7.56. The summed E-state index contributed by atoms with van der Waals surface area (Å²) < 4.78 is 42.8. The van der Waals surface area contributed by atoms with Crippen molar-refractivity contribution < 1.29 is 13.2 Å². The maximum absolute atomic E-state index is 13.2. The lowest BCUT2D eigenvalue weighted by atomic mass is 10.4. The minimum Gasteiger partial charge on any atom is -0.213 e. The van der Waals surface area contributed by atoms with E-state index in [9.17, 15) is 13.2 Å². The van der Waals surface area contributed by atoms with Gasteiger partial charge < -0.3 is 0 Å². The molecule has 2 heterocycles. The van der Waals surface area contributed by atoms with Gasteiger partial charge in [0.15, 0.2) is 16.0 Å². The molecule has 0 saturated carbocycles. The van der Waals surface area contributed by atoms with Gasteiger partial charge in [-0.3, -0.25) is 0 Å². The Hall–Kier alpha value is -1.15. The minimum atomic E-state index is -1.33. The Labute approximate surface area is 96.9 Å². The molecule has 84 valence electrons. The molecule has 0 aromatic carbocycles. The van der Waals surface area contributed by atoms with Crippen LogP contribution in [0.15, 0.2) is 15.4 Å². The third-order valence-electron chi connectivity index (χ3n) is 1.55. The summed E-state index contributed by atoms with van der Waals surface area (Å²) in [5.74, 6) is -3.02. The molecule has 0 aliphatic carbocycles. The van der Waals surface area contributed by atoms with Crippen LogP contribution in [-0.2, 0) is 0 Å². The van der Waals surface area contributed by atoms with E-state index in [4.69, 9.17) is 0 Å². The summed E-state index contributed by atoms with van der Waals surface area (Å²) in [5, 5.41) is -0.255. The predicted molar refractivity (Wildman–Crippen MR) is 52.9 cm³/mol. The van der Waals surface area contributed by atoms with Crippen LogP contribution in [0.2, 0.25) is 0 Å². The fraction of sp³-hybridized carbons (Fsp3) is 0.125. The average molecular weight is 263 g/mol. The Morgan fingerprint density at radius 1 is 1.19 bits per heavy atom. The van der Waals surface area contributed by atoms with Crippen LogP contribution in [0.1, 0.15) is 5.82 Å². The van der Waals surface area contributed by atoms with E-state index in [1.807, 2.05) is 0 Å². The lowest BCUT2D eigenvalue weighted by molar-refractivity contribution is 0.448. The van der Waals surface area contributed by atoms with E-state index in [0.717, 1.165) is 23.3 Å². The normalized spacial score (nSPS) is 10.8. The zero-order valence-electron chi connectivity index (χ0n) is 7.87. The van der Waals surface area contributed by atoms with Crippen LogP contribution in [0.4, 0.5) is 13.2 Å². The van der Waals surface area contributed by atoms with Crippen LogP contribution in [0.25, 0.3) is 0 Å². The highest BCUT2D eigenvalue weighted by molar-refractivity contribution is 8.00. The maximum atomic E-state index is 13.2. The number of aromatic nitrogens is 3. The van der Waals surface area contributed by atoms with Gasteiger partial charge in [-0.15, -0.1) is 0 Å². The van der Waals surface area contributed by atoms with Crippen molar-refractivity contribution in [2.24, 2.45) is 0 Å². The molecule has 0 radical (unpaired) electrons. The largest absolute Gasteiger partial charge is 0.250 e. The molecule has 0 bridgehead atoms. The molecule has 2 aromatic rings. The van der Waals surface area contributed by atoms with Crippen molar-refractivity contribution in [1.29, 1.82) is 0 Å². The van der Waals surface area contributed by atoms with Gasteiger partial charge in [-0.1, -0.05) is 0 Å². The molecule has 2 rings (SSSR count). The smallest absolute Gasteiger partial charge is 0.213 e. The third-order valence-corrected chi connectivity index (χ3v) is 3.37. The standard InChI is InChI=1S/C8H4F3N3S2/c1-3-12-8(16-14-3)15-7-5(10)2-4(9)6(11)13-7/h2H,1H3. The Bertz CT molecular complexity index is 529. The molecule has 3 nitrogen and oxygen atoms in total. The topological polar surface area (TPSA) is 38.7 Å². The number of nitrogens with zero attached hydrogens (tertiary/aromatic N) is 3. The van der Waals surface area contributed by atoms with Gasteiger partial charge in [-0.2, -0.15) is 8.76 Å². The maximum Gasteiger partial charge on any atom is 0.250 e. The summed E-state index contributed by atoms with van der Waals surface area (Å²) in [4.78, 5) is 7.11. The van der Waals surface area contributed by atoms with Crippen molar-refractivity contribution in [3.63, 3.8) is 0 Å². The Balaban J connectivity index is 2.31. The molecule has 16 heavy (non-hydrogen) atoms. The van der Waals surface area contributed by atoms with Gasteiger partial charge in [-0.05, 0) is 30.2 Å². The first kappa shape index (κ1) is 11.3. The highest BCUT2D eigenvalue weighted by Crippen LogP contribution is 2.29. The summed E-state index contributed by atoms with van der Waals surface area (Å²) in [7, 11) is 0. The molecular formula is C8H4F3N3S2. The van der Waals surface area contributed by atoms with Gasteiger partial charge in [0.2, 0.25) is 5.95 Å². The molecule has 8 heteroatoms. The zero-order chi connectivity index (χ0) is 11.7. The van der Waals surface area contributed by atoms with Crippen molar-refractivity contribution in [2.45, 2.75) is 16.3 Å². The van der Waals surface area contributed by atoms with Crippen LogP contribution in [0.5, 0.6) is 0 Å². The summed E-state index contributed by atoms with van der Waals surface area (Å²) in [6, 6.07) is 0.457. The first-order valence-electron chi connectivity index (χ1n) is 4.06. The monoisotopic (exact) mass is 263 g/mol. The van der Waals surface area contributed by atoms with Gasteiger partial charge in [0.05, 0.1) is 0 Å².